The van der Waals surface area contributed by atoms with Gasteiger partial charge in [-0.3, -0.25) is 0 Å². The summed E-state index contributed by atoms with van der Waals surface area (Å²) in [4.78, 5) is 1.23. The first-order valence-electron chi connectivity index (χ1n) is 6.45. The molecular weight excluding hydrogens is 284 g/mol. The van der Waals surface area contributed by atoms with Gasteiger partial charge < -0.3 is 10.1 Å². The molecular formula is C12H20N2O3S2. The van der Waals surface area contributed by atoms with E-state index in [-0.39, 0.29) is 12.1 Å². The first kappa shape index (κ1) is 14.9. The minimum absolute atomic E-state index is 0.0642. The van der Waals surface area contributed by atoms with Crippen LogP contribution in [-0.2, 0) is 21.3 Å². The number of thiophene rings is 1. The summed E-state index contributed by atoms with van der Waals surface area (Å²) in [5.74, 6) is 0. The maximum Gasteiger partial charge on any atom is 0.242 e. The zero-order valence-corrected chi connectivity index (χ0v) is 12.8. The van der Waals surface area contributed by atoms with E-state index < -0.39 is 10.0 Å². The van der Waals surface area contributed by atoms with Gasteiger partial charge in [-0.2, -0.15) is 0 Å². The molecule has 5 nitrogen and oxygen atoms in total. The zero-order chi connectivity index (χ0) is 13.9. The molecule has 1 saturated heterocycles. The van der Waals surface area contributed by atoms with Crippen molar-refractivity contribution in [3.8, 4) is 0 Å². The standard InChI is InChI=1S/C12H20N2O3S2/c1-3-13-8-11-12(5-7-18-11)19(15,16)14-10-4-6-17-9(10)2/h5,7,9-10,13-14H,3-4,6,8H2,1-2H3. The fourth-order valence-electron chi connectivity index (χ4n) is 2.09. The molecule has 0 aliphatic carbocycles. The predicted octanol–water partition coefficient (Wildman–Crippen LogP) is 1.31. The molecule has 0 aromatic carbocycles. The number of nitrogens with one attached hydrogen (secondary N) is 2. The van der Waals surface area contributed by atoms with Gasteiger partial charge in [0.15, 0.2) is 0 Å². The lowest BCUT2D eigenvalue weighted by molar-refractivity contribution is 0.117. The van der Waals surface area contributed by atoms with Crippen LogP contribution < -0.4 is 10.0 Å². The van der Waals surface area contributed by atoms with Crippen molar-refractivity contribution in [1.29, 1.82) is 0 Å². The minimum Gasteiger partial charge on any atom is -0.377 e. The molecule has 108 valence electrons. The Labute approximate surface area is 118 Å². The van der Waals surface area contributed by atoms with Gasteiger partial charge >= 0.3 is 0 Å². The molecule has 7 heteroatoms. The molecule has 0 spiro atoms. The van der Waals surface area contributed by atoms with Gasteiger partial charge in [-0.1, -0.05) is 6.92 Å². The van der Waals surface area contributed by atoms with Gasteiger partial charge in [0.2, 0.25) is 10.0 Å². The Bertz CT molecular complexity index is 513. The number of rotatable bonds is 6. The van der Waals surface area contributed by atoms with E-state index in [9.17, 15) is 8.42 Å². The quantitative estimate of drug-likeness (QED) is 0.831. The lowest BCUT2D eigenvalue weighted by atomic mass is 10.2. The van der Waals surface area contributed by atoms with Gasteiger partial charge in [0.1, 0.15) is 0 Å². The largest absolute Gasteiger partial charge is 0.377 e. The van der Waals surface area contributed by atoms with Crippen LogP contribution in [0.5, 0.6) is 0 Å². The fourth-order valence-corrected chi connectivity index (χ4v) is 4.84. The van der Waals surface area contributed by atoms with Crippen molar-refractivity contribution in [3.05, 3.63) is 16.3 Å². The van der Waals surface area contributed by atoms with Gasteiger partial charge in [-0.15, -0.1) is 11.3 Å². The molecule has 19 heavy (non-hydrogen) atoms. The van der Waals surface area contributed by atoms with E-state index in [4.69, 9.17) is 4.74 Å². The number of sulfonamides is 1. The Balaban J connectivity index is 2.12. The maximum absolute atomic E-state index is 12.4. The zero-order valence-electron chi connectivity index (χ0n) is 11.2. The predicted molar refractivity (Wildman–Crippen MR) is 75.8 cm³/mol. The average Bonchev–Trinajstić information content (AvgIpc) is 2.96. The molecule has 2 heterocycles. The number of hydrogen-bond acceptors (Lipinski definition) is 5. The van der Waals surface area contributed by atoms with Gasteiger partial charge in [-0.05, 0) is 31.3 Å². The third kappa shape index (κ3) is 3.55. The van der Waals surface area contributed by atoms with E-state index in [2.05, 4.69) is 10.0 Å². The Hall–Kier alpha value is -0.470. The van der Waals surface area contributed by atoms with Crippen LogP contribution in [0.3, 0.4) is 0 Å². The van der Waals surface area contributed by atoms with Crippen LogP contribution in [-0.4, -0.2) is 33.7 Å². The maximum atomic E-state index is 12.4. The SMILES string of the molecule is CCNCc1sccc1S(=O)(=O)NC1CCOC1C. The number of ether oxygens (including phenoxy) is 1. The van der Waals surface area contributed by atoms with Gasteiger partial charge in [-0.25, -0.2) is 13.1 Å². The van der Waals surface area contributed by atoms with Crippen LogP contribution >= 0.6 is 11.3 Å². The highest BCUT2D eigenvalue weighted by Crippen LogP contribution is 2.23. The third-order valence-corrected chi connectivity index (χ3v) is 5.84. The van der Waals surface area contributed by atoms with E-state index in [0.717, 1.165) is 17.8 Å². The van der Waals surface area contributed by atoms with Crippen molar-refractivity contribution in [2.45, 2.75) is 43.9 Å². The molecule has 1 aliphatic heterocycles. The van der Waals surface area contributed by atoms with Gasteiger partial charge in [0.05, 0.1) is 17.0 Å². The molecule has 1 aliphatic rings. The van der Waals surface area contributed by atoms with Crippen molar-refractivity contribution in [3.63, 3.8) is 0 Å². The molecule has 0 bridgehead atoms. The molecule has 2 unspecified atom stereocenters. The Morgan fingerprint density at radius 1 is 1.53 bits per heavy atom. The smallest absolute Gasteiger partial charge is 0.242 e. The summed E-state index contributed by atoms with van der Waals surface area (Å²) < 4.78 is 32.9. The topological polar surface area (TPSA) is 67.4 Å². The van der Waals surface area contributed by atoms with E-state index in [1.807, 2.05) is 19.2 Å². The molecule has 0 radical (unpaired) electrons. The average molecular weight is 304 g/mol. The molecule has 2 atom stereocenters. The lowest BCUT2D eigenvalue weighted by Gasteiger charge is -2.16. The highest BCUT2D eigenvalue weighted by Gasteiger charge is 2.30. The second-order valence-corrected chi connectivity index (χ2v) is 7.26. The molecule has 0 saturated carbocycles. The molecule has 1 aromatic rings. The second-order valence-electron chi connectivity index (χ2n) is 4.58. The van der Waals surface area contributed by atoms with Gasteiger partial charge in [0, 0.05) is 18.0 Å². The molecule has 2 rings (SSSR count). The Morgan fingerprint density at radius 3 is 2.95 bits per heavy atom. The summed E-state index contributed by atoms with van der Waals surface area (Å²) in [6.45, 7) is 5.91. The van der Waals surface area contributed by atoms with Crippen molar-refractivity contribution < 1.29 is 13.2 Å². The van der Waals surface area contributed by atoms with E-state index in [1.165, 1.54) is 11.3 Å². The van der Waals surface area contributed by atoms with Crippen molar-refractivity contribution in [1.82, 2.24) is 10.0 Å². The summed E-state index contributed by atoms with van der Waals surface area (Å²) in [6, 6.07) is 1.54. The highest BCUT2D eigenvalue weighted by molar-refractivity contribution is 7.89. The monoisotopic (exact) mass is 304 g/mol. The van der Waals surface area contributed by atoms with Crippen LogP contribution in [0.25, 0.3) is 0 Å². The van der Waals surface area contributed by atoms with Crippen LogP contribution in [0.15, 0.2) is 16.3 Å². The van der Waals surface area contributed by atoms with Crippen molar-refractivity contribution >= 4 is 21.4 Å². The van der Waals surface area contributed by atoms with Crippen LogP contribution in [0.4, 0.5) is 0 Å². The first-order valence-corrected chi connectivity index (χ1v) is 8.82. The highest BCUT2D eigenvalue weighted by atomic mass is 32.2. The molecule has 1 fully saturated rings. The first-order chi connectivity index (χ1) is 9.04. The third-order valence-electron chi connectivity index (χ3n) is 3.21. The summed E-state index contributed by atoms with van der Waals surface area (Å²) in [7, 11) is -3.45. The molecule has 1 aromatic heterocycles. The van der Waals surface area contributed by atoms with Crippen LogP contribution in [0.2, 0.25) is 0 Å². The van der Waals surface area contributed by atoms with Crippen molar-refractivity contribution in [2.24, 2.45) is 0 Å². The summed E-state index contributed by atoms with van der Waals surface area (Å²) in [6.07, 6.45) is 0.665. The van der Waals surface area contributed by atoms with Crippen LogP contribution in [0.1, 0.15) is 25.1 Å². The van der Waals surface area contributed by atoms with Gasteiger partial charge in [0.25, 0.3) is 0 Å². The normalized spacial score (nSPS) is 23.9. The van der Waals surface area contributed by atoms with E-state index in [0.29, 0.717) is 18.0 Å². The fraction of sp³-hybridized carbons (Fsp3) is 0.667. The molecule has 2 N–H and O–H groups in total. The van der Waals surface area contributed by atoms with Crippen LogP contribution in [0, 0.1) is 0 Å². The van der Waals surface area contributed by atoms with Crippen molar-refractivity contribution in [2.75, 3.05) is 13.2 Å². The van der Waals surface area contributed by atoms with E-state index >= 15 is 0 Å². The summed E-state index contributed by atoms with van der Waals surface area (Å²) in [5.41, 5.74) is 0. The van der Waals surface area contributed by atoms with E-state index in [1.54, 1.807) is 6.07 Å². The summed E-state index contributed by atoms with van der Waals surface area (Å²) in [5, 5.41) is 4.97. The molecule has 0 amide bonds. The number of hydrogen-bond donors (Lipinski definition) is 2. The minimum atomic E-state index is -3.45. The Morgan fingerprint density at radius 2 is 2.32 bits per heavy atom. The lowest BCUT2D eigenvalue weighted by Crippen LogP contribution is -2.39. The summed E-state index contributed by atoms with van der Waals surface area (Å²) >= 11 is 1.46. The Kier molecular flexibility index (Phi) is 4.97. The second kappa shape index (κ2) is 6.32.